The molecule has 0 radical (unpaired) electrons. The number of aryl methyl sites for hydroxylation is 1. The van der Waals surface area contributed by atoms with Gasteiger partial charge < -0.3 is 15.4 Å². The zero-order valence-corrected chi connectivity index (χ0v) is 23.2. The van der Waals surface area contributed by atoms with Crippen molar-refractivity contribution in [3.8, 4) is 22.9 Å². The number of nitrogens with zero attached hydrogens (tertiary/aromatic N) is 3. The van der Waals surface area contributed by atoms with Gasteiger partial charge in [-0.15, -0.1) is 0 Å². The van der Waals surface area contributed by atoms with Gasteiger partial charge in [-0.2, -0.15) is 0 Å². The summed E-state index contributed by atoms with van der Waals surface area (Å²) in [5.41, 5.74) is 3.11. The number of halogens is 2. The summed E-state index contributed by atoms with van der Waals surface area (Å²) in [4.78, 5) is 26.6. The molecule has 2 aromatic heterocycles. The molecule has 1 aliphatic carbocycles. The van der Waals surface area contributed by atoms with Gasteiger partial charge in [0.25, 0.3) is 0 Å². The second-order valence-corrected chi connectivity index (χ2v) is 11.2. The van der Waals surface area contributed by atoms with Crippen LogP contribution in [0.15, 0.2) is 60.9 Å². The molecule has 0 bridgehead atoms. The molecule has 4 aromatic rings. The Balaban J connectivity index is 1.28. The Morgan fingerprint density at radius 2 is 1.98 bits per heavy atom. The van der Waals surface area contributed by atoms with Crippen molar-refractivity contribution >= 4 is 22.5 Å². The van der Waals surface area contributed by atoms with Crippen LogP contribution < -0.4 is 15.4 Å². The highest BCUT2D eigenvalue weighted by Crippen LogP contribution is 2.50. The first-order valence-corrected chi connectivity index (χ1v) is 14.1. The van der Waals surface area contributed by atoms with Crippen molar-refractivity contribution in [3.63, 3.8) is 0 Å². The van der Waals surface area contributed by atoms with E-state index in [0.29, 0.717) is 23.3 Å². The summed E-state index contributed by atoms with van der Waals surface area (Å²) in [7, 11) is 0. The average Bonchev–Trinajstić information content (AvgIpc) is 3.78. The summed E-state index contributed by atoms with van der Waals surface area (Å²) < 4.78 is 33.9. The van der Waals surface area contributed by atoms with E-state index >= 15 is 0 Å². The quantitative estimate of drug-likeness (QED) is 0.248. The molecular weight excluding hydrogens is 524 g/mol. The number of Topliss-reactive ketones (excluding diaryl/α,β-unsaturated/α-hetero) is 1. The molecule has 41 heavy (non-hydrogen) atoms. The molecule has 1 saturated carbocycles. The first-order valence-electron chi connectivity index (χ1n) is 14.1. The smallest absolute Gasteiger partial charge is 0.248 e. The lowest BCUT2D eigenvalue weighted by Gasteiger charge is -2.23. The Bertz CT molecular complexity index is 1580. The molecule has 1 saturated heterocycles. The number of carbonyl (C=O) groups is 1. The number of alkyl halides is 2. The maximum absolute atomic E-state index is 13.7. The van der Waals surface area contributed by atoms with E-state index in [2.05, 4.69) is 20.6 Å². The third-order valence-corrected chi connectivity index (χ3v) is 8.05. The van der Waals surface area contributed by atoms with E-state index in [4.69, 9.17) is 9.72 Å². The third-order valence-electron chi connectivity index (χ3n) is 8.05. The van der Waals surface area contributed by atoms with Crippen LogP contribution in [-0.4, -0.2) is 45.8 Å². The summed E-state index contributed by atoms with van der Waals surface area (Å²) in [6, 6.07) is 15.5. The minimum atomic E-state index is -2.83. The first kappa shape index (κ1) is 27.2. The minimum Gasteiger partial charge on any atom is -0.437 e. The van der Waals surface area contributed by atoms with Gasteiger partial charge in [0, 0.05) is 48.6 Å². The number of piperidine rings is 1. The molecule has 0 spiro atoms. The van der Waals surface area contributed by atoms with E-state index in [-0.39, 0.29) is 24.7 Å². The predicted octanol–water partition coefficient (Wildman–Crippen LogP) is 6.36. The van der Waals surface area contributed by atoms with Gasteiger partial charge in [0.15, 0.2) is 0 Å². The lowest BCUT2D eigenvalue weighted by atomic mass is 9.96. The molecule has 2 aliphatic rings. The number of ketones is 1. The molecule has 3 heterocycles. The van der Waals surface area contributed by atoms with Gasteiger partial charge in [-0.3, -0.25) is 4.79 Å². The number of benzene rings is 2. The number of hydrogen-bond donors (Lipinski definition) is 2. The standard InChI is InChI=1S/C32H33F2N5O2/c1-19-10-11-22-20(16-28(40)25-17-26(25)32(2,33)34)6-3-8-23(22)29(19)41-30-24(9-5-14-36-30)27-12-15-37-31(39-27)38-21-7-4-13-35-18-21/h3,5-6,8-12,14-15,21,25-26,35H,4,7,13,16-18H2,1-2H3,(H,37,38,39)/t21-,25?,26?/m0/s1. The molecule has 212 valence electrons. The van der Waals surface area contributed by atoms with Crippen molar-refractivity contribution in [2.45, 2.75) is 51.5 Å². The van der Waals surface area contributed by atoms with Gasteiger partial charge in [-0.25, -0.2) is 23.7 Å². The fourth-order valence-corrected chi connectivity index (χ4v) is 5.72. The Morgan fingerprint density at radius 1 is 1.10 bits per heavy atom. The van der Waals surface area contributed by atoms with Crippen molar-refractivity contribution in [1.82, 2.24) is 20.3 Å². The largest absolute Gasteiger partial charge is 0.437 e. The fourth-order valence-electron chi connectivity index (χ4n) is 5.72. The number of pyridine rings is 1. The maximum atomic E-state index is 13.7. The van der Waals surface area contributed by atoms with Gasteiger partial charge in [0.05, 0.1) is 11.3 Å². The lowest BCUT2D eigenvalue weighted by molar-refractivity contribution is -0.121. The van der Waals surface area contributed by atoms with Crippen LogP contribution in [0.2, 0.25) is 0 Å². The second-order valence-electron chi connectivity index (χ2n) is 11.2. The van der Waals surface area contributed by atoms with Crippen molar-refractivity contribution in [1.29, 1.82) is 0 Å². The van der Waals surface area contributed by atoms with Crippen LogP contribution in [0.5, 0.6) is 11.6 Å². The monoisotopic (exact) mass is 557 g/mol. The van der Waals surface area contributed by atoms with E-state index in [1.807, 2.05) is 55.5 Å². The normalized spacial score (nSPS) is 20.5. The zero-order valence-electron chi connectivity index (χ0n) is 23.2. The Kier molecular flexibility index (Phi) is 7.38. The molecule has 0 amide bonds. The molecule has 2 unspecified atom stereocenters. The van der Waals surface area contributed by atoms with Gasteiger partial charge in [-0.05, 0) is 74.4 Å². The second kappa shape index (κ2) is 11.1. The summed E-state index contributed by atoms with van der Waals surface area (Å²) in [6.45, 7) is 4.75. The molecule has 9 heteroatoms. The summed E-state index contributed by atoms with van der Waals surface area (Å²) in [5, 5.41) is 8.50. The van der Waals surface area contributed by atoms with Crippen molar-refractivity contribution < 1.29 is 18.3 Å². The van der Waals surface area contributed by atoms with Crippen molar-refractivity contribution in [2.75, 3.05) is 18.4 Å². The molecule has 2 N–H and O–H groups in total. The highest BCUT2D eigenvalue weighted by Gasteiger charge is 2.54. The topological polar surface area (TPSA) is 89.0 Å². The molecule has 2 fully saturated rings. The molecule has 3 atom stereocenters. The summed E-state index contributed by atoms with van der Waals surface area (Å²) in [6.07, 6.45) is 5.92. The minimum absolute atomic E-state index is 0.110. The highest BCUT2D eigenvalue weighted by atomic mass is 19.3. The van der Waals surface area contributed by atoms with E-state index in [1.165, 1.54) is 0 Å². The van der Waals surface area contributed by atoms with Crippen LogP contribution in [0.25, 0.3) is 22.0 Å². The summed E-state index contributed by atoms with van der Waals surface area (Å²) >= 11 is 0. The SMILES string of the molecule is Cc1ccc2c(CC(=O)C3CC3C(C)(F)F)cccc2c1Oc1ncccc1-c1ccnc(N[C@H]2CCCNC2)n1. The van der Waals surface area contributed by atoms with E-state index in [1.54, 1.807) is 12.4 Å². The van der Waals surface area contributed by atoms with Crippen LogP contribution >= 0.6 is 0 Å². The highest BCUT2D eigenvalue weighted by molar-refractivity contribution is 5.96. The number of hydrogen-bond acceptors (Lipinski definition) is 7. The van der Waals surface area contributed by atoms with Crippen LogP contribution in [0, 0.1) is 18.8 Å². The predicted molar refractivity (Wildman–Crippen MR) is 154 cm³/mol. The molecule has 1 aliphatic heterocycles. The van der Waals surface area contributed by atoms with E-state index < -0.39 is 17.8 Å². The number of carbonyl (C=O) groups excluding carboxylic acids is 1. The lowest BCUT2D eigenvalue weighted by Crippen LogP contribution is -2.38. The van der Waals surface area contributed by atoms with E-state index in [0.717, 1.165) is 60.3 Å². The number of nitrogens with one attached hydrogen (secondary N) is 2. The fraction of sp³-hybridized carbons (Fsp3) is 0.375. The Hall–Kier alpha value is -3.98. The average molecular weight is 558 g/mol. The number of fused-ring (bicyclic) bond motifs is 1. The van der Waals surface area contributed by atoms with Crippen LogP contribution in [-0.2, 0) is 11.2 Å². The van der Waals surface area contributed by atoms with Crippen molar-refractivity contribution in [2.24, 2.45) is 11.8 Å². The van der Waals surface area contributed by atoms with Crippen LogP contribution in [0.1, 0.15) is 37.3 Å². The maximum Gasteiger partial charge on any atom is 0.248 e. The van der Waals surface area contributed by atoms with Crippen molar-refractivity contribution in [3.05, 3.63) is 72.1 Å². The van der Waals surface area contributed by atoms with E-state index in [9.17, 15) is 13.6 Å². The van der Waals surface area contributed by atoms with Crippen LogP contribution in [0.3, 0.4) is 0 Å². The summed E-state index contributed by atoms with van der Waals surface area (Å²) in [5.74, 6) is -2.82. The third kappa shape index (κ3) is 5.91. The number of anilines is 1. The Morgan fingerprint density at radius 3 is 2.76 bits per heavy atom. The Labute approximate surface area is 237 Å². The van der Waals surface area contributed by atoms with Gasteiger partial charge in [-0.1, -0.05) is 30.3 Å². The number of rotatable bonds is 9. The van der Waals surface area contributed by atoms with Gasteiger partial charge >= 0.3 is 0 Å². The van der Waals surface area contributed by atoms with Gasteiger partial charge in [0.1, 0.15) is 11.5 Å². The molecule has 7 nitrogen and oxygen atoms in total. The molecule has 2 aromatic carbocycles. The molecule has 6 rings (SSSR count). The zero-order chi connectivity index (χ0) is 28.6. The number of ether oxygens (including phenoxy) is 1. The van der Waals surface area contributed by atoms with Crippen LogP contribution in [0.4, 0.5) is 14.7 Å². The first-order chi connectivity index (χ1) is 19.8. The van der Waals surface area contributed by atoms with Gasteiger partial charge in [0.2, 0.25) is 17.8 Å². The number of aromatic nitrogens is 3. The molecular formula is C32H33F2N5O2.